The first-order valence-corrected chi connectivity index (χ1v) is 7.66. The highest BCUT2D eigenvalue weighted by Crippen LogP contribution is 2.16. The number of nitrogens with zero attached hydrogens (tertiary/aromatic N) is 1. The molecule has 1 fully saturated rings. The van der Waals surface area contributed by atoms with E-state index in [9.17, 15) is 9.18 Å². The maximum atomic E-state index is 13.4. The fourth-order valence-electron chi connectivity index (χ4n) is 2.65. The number of benzene rings is 1. The van der Waals surface area contributed by atoms with Gasteiger partial charge in [-0.25, -0.2) is 4.39 Å². The normalized spacial score (nSPS) is 16.9. The van der Waals surface area contributed by atoms with Crippen LogP contribution >= 0.6 is 0 Å². The van der Waals surface area contributed by atoms with Gasteiger partial charge in [0, 0.05) is 0 Å². The largest absolute Gasteiger partial charge is 0.322 e. The molecule has 0 saturated carbocycles. The summed E-state index contributed by atoms with van der Waals surface area (Å²) in [5.41, 5.74) is 0.237. The van der Waals surface area contributed by atoms with Gasteiger partial charge in [0.25, 0.3) is 0 Å². The zero-order chi connectivity index (χ0) is 15.1. The summed E-state index contributed by atoms with van der Waals surface area (Å²) in [5.74, 6) is 0.0259. The van der Waals surface area contributed by atoms with Crippen molar-refractivity contribution < 1.29 is 9.18 Å². The molecule has 1 saturated heterocycles. The lowest BCUT2D eigenvalue weighted by Gasteiger charge is -2.31. The Morgan fingerprint density at radius 1 is 1.33 bits per heavy atom. The van der Waals surface area contributed by atoms with Gasteiger partial charge < -0.3 is 15.5 Å². The molecule has 0 aromatic heterocycles. The molecule has 0 unspecified atom stereocenters. The number of amides is 1. The van der Waals surface area contributed by atoms with E-state index >= 15 is 0 Å². The molecular formula is C16H24FN3O. The summed E-state index contributed by atoms with van der Waals surface area (Å²) in [4.78, 5) is 14.2. The number of carbonyl (C=O) groups excluding carboxylic acids is 1. The molecule has 1 aromatic rings. The van der Waals surface area contributed by atoms with E-state index in [-0.39, 0.29) is 18.1 Å². The van der Waals surface area contributed by atoms with E-state index in [4.69, 9.17) is 0 Å². The minimum absolute atomic E-state index is 0.203. The Balaban J connectivity index is 1.65. The summed E-state index contributed by atoms with van der Waals surface area (Å²) < 4.78 is 13.4. The van der Waals surface area contributed by atoms with Crippen LogP contribution in [0.1, 0.15) is 19.8 Å². The Kier molecular flexibility index (Phi) is 6.14. The van der Waals surface area contributed by atoms with Crippen LogP contribution in [0, 0.1) is 11.7 Å². The molecule has 1 heterocycles. The molecule has 1 aliphatic heterocycles. The first-order valence-electron chi connectivity index (χ1n) is 7.66. The summed E-state index contributed by atoms with van der Waals surface area (Å²) in [5, 5.41) is 5.75. The lowest BCUT2D eigenvalue weighted by Crippen LogP contribution is -2.38. The van der Waals surface area contributed by atoms with Gasteiger partial charge in [0.05, 0.1) is 12.2 Å². The van der Waals surface area contributed by atoms with E-state index in [1.54, 1.807) is 18.2 Å². The number of nitrogens with one attached hydrogen (secondary N) is 2. The van der Waals surface area contributed by atoms with Crippen molar-refractivity contribution >= 4 is 11.6 Å². The van der Waals surface area contributed by atoms with Gasteiger partial charge in [0.2, 0.25) is 5.91 Å². The van der Waals surface area contributed by atoms with Crippen LogP contribution in [-0.4, -0.2) is 43.5 Å². The number of hydrogen-bond acceptors (Lipinski definition) is 3. The van der Waals surface area contributed by atoms with Crippen LogP contribution in [0.15, 0.2) is 24.3 Å². The molecule has 0 atom stereocenters. The highest BCUT2D eigenvalue weighted by Gasteiger charge is 2.17. The number of rotatable bonds is 6. The average Bonchev–Trinajstić information content (AvgIpc) is 2.50. The molecule has 1 aliphatic rings. The molecule has 2 N–H and O–H groups in total. The molecule has 2 rings (SSSR count). The van der Waals surface area contributed by atoms with Gasteiger partial charge in [-0.15, -0.1) is 0 Å². The molecule has 1 aromatic carbocycles. The number of para-hydroxylation sites is 1. The minimum Gasteiger partial charge on any atom is -0.322 e. The summed E-state index contributed by atoms with van der Waals surface area (Å²) in [6.45, 7) is 6.66. The molecule has 1 amide bonds. The zero-order valence-electron chi connectivity index (χ0n) is 12.6. The molecular weight excluding hydrogens is 269 g/mol. The van der Waals surface area contributed by atoms with Crippen molar-refractivity contribution in [1.29, 1.82) is 0 Å². The van der Waals surface area contributed by atoms with E-state index in [1.807, 2.05) is 0 Å². The molecule has 116 valence electrons. The van der Waals surface area contributed by atoms with Crippen LogP contribution in [0.25, 0.3) is 0 Å². The number of halogens is 1. The first-order chi connectivity index (χ1) is 10.2. The Hall–Kier alpha value is -1.46. The molecule has 0 bridgehead atoms. The predicted octanol–water partition coefficient (Wildman–Crippen LogP) is 2.09. The van der Waals surface area contributed by atoms with Gasteiger partial charge in [-0.1, -0.05) is 19.1 Å². The van der Waals surface area contributed by atoms with Gasteiger partial charge >= 0.3 is 0 Å². The molecule has 5 heteroatoms. The standard InChI is InChI=1S/C16H24FN3O/c1-2-20-9-7-13(8-10-20)11-18-12-16(21)19-15-6-4-3-5-14(15)17/h3-6,13,18H,2,7-12H2,1H3,(H,19,21). The Morgan fingerprint density at radius 3 is 2.71 bits per heavy atom. The second-order valence-corrected chi connectivity index (χ2v) is 5.54. The Morgan fingerprint density at radius 2 is 2.05 bits per heavy atom. The van der Waals surface area contributed by atoms with Gasteiger partial charge in [-0.3, -0.25) is 4.79 Å². The van der Waals surface area contributed by atoms with E-state index in [0.29, 0.717) is 5.92 Å². The fraction of sp³-hybridized carbons (Fsp3) is 0.562. The zero-order valence-corrected chi connectivity index (χ0v) is 12.6. The van der Waals surface area contributed by atoms with Crippen LogP contribution in [0.3, 0.4) is 0 Å². The highest BCUT2D eigenvalue weighted by molar-refractivity contribution is 5.92. The maximum Gasteiger partial charge on any atom is 0.238 e. The lowest BCUT2D eigenvalue weighted by atomic mass is 9.97. The van der Waals surface area contributed by atoms with E-state index in [0.717, 1.165) is 26.2 Å². The fourth-order valence-corrected chi connectivity index (χ4v) is 2.65. The first kappa shape index (κ1) is 15.9. The molecule has 0 spiro atoms. The monoisotopic (exact) mass is 293 g/mol. The number of anilines is 1. The number of likely N-dealkylation sites (tertiary alicyclic amines) is 1. The third kappa shape index (κ3) is 5.10. The summed E-state index contributed by atoms with van der Waals surface area (Å²) in [6, 6.07) is 6.21. The Bertz CT molecular complexity index is 459. The third-order valence-electron chi connectivity index (χ3n) is 4.02. The number of piperidine rings is 1. The van der Waals surface area contributed by atoms with Crippen molar-refractivity contribution in [3.05, 3.63) is 30.1 Å². The van der Waals surface area contributed by atoms with E-state index in [2.05, 4.69) is 22.5 Å². The van der Waals surface area contributed by atoms with Gasteiger partial charge in [-0.05, 0) is 57.1 Å². The average molecular weight is 293 g/mol. The molecule has 21 heavy (non-hydrogen) atoms. The van der Waals surface area contributed by atoms with Crippen molar-refractivity contribution in [2.24, 2.45) is 5.92 Å². The third-order valence-corrected chi connectivity index (χ3v) is 4.02. The van der Waals surface area contributed by atoms with Gasteiger partial charge in [0.1, 0.15) is 5.82 Å². The van der Waals surface area contributed by atoms with E-state index < -0.39 is 5.82 Å². The van der Waals surface area contributed by atoms with Crippen molar-refractivity contribution in [3.8, 4) is 0 Å². The van der Waals surface area contributed by atoms with Crippen LogP contribution in [0.2, 0.25) is 0 Å². The number of carbonyl (C=O) groups is 1. The summed E-state index contributed by atoms with van der Waals surface area (Å²) >= 11 is 0. The van der Waals surface area contributed by atoms with Crippen LogP contribution in [-0.2, 0) is 4.79 Å². The van der Waals surface area contributed by atoms with Crippen molar-refractivity contribution in [2.45, 2.75) is 19.8 Å². The molecule has 4 nitrogen and oxygen atoms in total. The quantitative estimate of drug-likeness (QED) is 0.844. The minimum atomic E-state index is -0.405. The second kappa shape index (κ2) is 8.10. The Labute approximate surface area is 125 Å². The number of hydrogen-bond donors (Lipinski definition) is 2. The van der Waals surface area contributed by atoms with Crippen molar-refractivity contribution in [2.75, 3.05) is 38.0 Å². The van der Waals surface area contributed by atoms with E-state index in [1.165, 1.54) is 18.9 Å². The highest BCUT2D eigenvalue weighted by atomic mass is 19.1. The maximum absolute atomic E-state index is 13.4. The SMILES string of the molecule is CCN1CCC(CNCC(=O)Nc2ccccc2F)CC1. The van der Waals surface area contributed by atoms with Gasteiger partial charge in [0.15, 0.2) is 0 Å². The van der Waals surface area contributed by atoms with Crippen LogP contribution in [0.5, 0.6) is 0 Å². The van der Waals surface area contributed by atoms with Crippen LogP contribution in [0.4, 0.5) is 10.1 Å². The molecule has 0 aliphatic carbocycles. The lowest BCUT2D eigenvalue weighted by molar-refractivity contribution is -0.115. The summed E-state index contributed by atoms with van der Waals surface area (Å²) in [7, 11) is 0. The van der Waals surface area contributed by atoms with Crippen molar-refractivity contribution in [3.63, 3.8) is 0 Å². The predicted molar refractivity (Wildman–Crippen MR) is 82.7 cm³/mol. The van der Waals surface area contributed by atoms with Gasteiger partial charge in [-0.2, -0.15) is 0 Å². The van der Waals surface area contributed by atoms with Crippen LogP contribution < -0.4 is 10.6 Å². The second-order valence-electron chi connectivity index (χ2n) is 5.54. The molecule has 0 radical (unpaired) electrons. The van der Waals surface area contributed by atoms with Crippen molar-refractivity contribution in [1.82, 2.24) is 10.2 Å². The summed E-state index contributed by atoms with van der Waals surface area (Å²) in [6.07, 6.45) is 2.35. The smallest absolute Gasteiger partial charge is 0.238 e. The topological polar surface area (TPSA) is 44.4 Å².